The second-order valence-corrected chi connectivity index (χ2v) is 5.11. The lowest BCUT2D eigenvalue weighted by atomic mass is 10.1. The molecule has 0 spiro atoms. The molecule has 0 aliphatic heterocycles. The molecule has 17 heavy (non-hydrogen) atoms. The van der Waals surface area contributed by atoms with Crippen LogP contribution in [0.3, 0.4) is 0 Å². The first kappa shape index (κ1) is 14.3. The van der Waals surface area contributed by atoms with Crippen LogP contribution in [-0.2, 0) is 0 Å². The Morgan fingerprint density at radius 3 is 2.53 bits per heavy atom. The number of amides is 1. The highest BCUT2D eigenvalue weighted by atomic mass is 35.5. The molecule has 1 N–H and O–H groups in total. The number of rotatable bonds is 6. The van der Waals surface area contributed by atoms with Gasteiger partial charge in [0.1, 0.15) is 0 Å². The van der Waals surface area contributed by atoms with Gasteiger partial charge in [0, 0.05) is 12.6 Å². The molecule has 5 nitrogen and oxygen atoms in total. The molecule has 0 saturated heterocycles. The molecule has 1 rings (SSSR count). The minimum absolute atomic E-state index is 0.0607. The van der Waals surface area contributed by atoms with E-state index in [0.29, 0.717) is 6.54 Å². The summed E-state index contributed by atoms with van der Waals surface area (Å²) in [5, 5.41) is 16.6. The van der Waals surface area contributed by atoms with E-state index in [1.54, 1.807) is 4.90 Å². The highest BCUT2D eigenvalue weighted by Crippen LogP contribution is 2.19. The lowest BCUT2D eigenvalue weighted by Crippen LogP contribution is -2.41. The van der Waals surface area contributed by atoms with E-state index in [9.17, 15) is 4.79 Å². The van der Waals surface area contributed by atoms with E-state index in [-0.39, 0.29) is 28.0 Å². The largest absolute Gasteiger partial charge is 0.395 e. The number of carbonyl (C=O) groups excluding carboxylic acids is 1. The van der Waals surface area contributed by atoms with Crippen LogP contribution in [0.15, 0.2) is 0 Å². The lowest BCUT2D eigenvalue weighted by Gasteiger charge is -2.28. The maximum Gasteiger partial charge on any atom is 0.285 e. The van der Waals surface area contributed by atoms with Crippen LogP contribution in [0.25, 0.3) is 0 Å². The highest BCUT2D eigenvalue weighted by Gasteiger charge is 2.24. The van der Waals surface area contributed by atoms with E-state index >= 15 is 0 Å². The molecule has 0 atom stereocenters. The van der Waals surface area contributed by atoms with Gasteiger partial charge in [0.2, 0.25) is 9.47 Å². The molecule has 0 saturated carbocycles. The molecule has 0 aromatic carbocycles. The lowest BCUT2D eigenvalue weighted by molar-refractivity contribution is 0.0621. The third-order valence-electron chi connectivity index (χ3n) is 2.57. The molecule has 0 fully saturated rings. The number of aromatic nitrogens is 2. The van der Waals surface area contributed by atoms with Crippen LogP contribution in [0.1, 0.15) is 36.5 Å². The Morgan fingerprint density at radius 2 is 2.12 bits per heavy atom. The van der Waals surface area contributed by atoms with Crippen molar-refractivity contribution in [3.05, 3.63) is 9.47 Å². The second-order valence-electron chi connectivity index (χ2n) is 3.55. The zero-order chi connectivity index (χ0) is 12.8. The number of hydrogen-bond acceptors (Lipinski definition) is 5. The summed E-state index contributed by atoms with van der Waals surface area (Å²) in [5.74, 6) is -0.211. The van der Waals surface area contributed by atoms with Crippen molar-refractivity contribution >= 4 is 28.8 Å². The summed E-state index contributed by atoms with van der Waals surface area (Å²) in [4.78, 5) is 13.8. The standard InChI is InChI=1S/C10H16ClN3O2S/c1-3-7(4-2)14(5-6-15)9(16)8-12-13-10(11)17-8/h7,15H,3-6H2,1-2H3. The zero-order valence-electron chi connectivity index (χ0n) is 9.89. The summed E-state index contributed by atoms with van der Waals surface area (Å²) in [7, 11) is 0. The van der Waals surface area contributed by atoms with Gasteiger partial charge in [-0.2, -0.15) is 0 Å². The molecule has 1 aromatic rings. The Balaban J connectivity index is 2.86. The van der Waals surface area contributed by atoms with E-state index in [2.05, 4.69) is 10.2 Å². The molecule has 1 amide bonds. The molecular weight excluding hydrogens is 262 g/mol. The smallest absolute Gasteiger partial charge is 0.285 e. The number of aliphatic hydroxyl groups is 1. The molecule has 0 aliphatic rings. The van der Waals surface area contributed by atoms with Crippen LogP contribution in [0.2, 0.25) is 4.47 Å². The minimum atomic E-state index is -0.211. The van der Waals surface area contributed by atoms with Crippen molar-refractivity contribution in [2.24, 2.45) is 0 Å². The van der Waals surface area contributed by atoms with Crippen LogP contribution >= 0.6 is 22.9 Å². The zero-order valence-corrected chi connectivity index (χ0v) is 11.5. The monoisotopic (exact) mass is 277 g/mol. The molecule has 1 aromatic heterocycles. The Kier molecular flexibility index (Phi) is 5.80. The van der Waals surface area contributed by atoms with Crippen molar-refractivity contribution in [3.63, 3.8) is 0 Å². The van der Waals surface area contributed by atoms with Crippen molar-refractivity contribution in [1.29, 1.82) is 0 Å². The maximum atomic E-state index is 12.2. The molecule has 0 aliphatic carbocycles. The fourth-order valence-electron chi connectivity index (χ4n) is 1.70. The molecule has 7 heteroatoms. The highest BCUT2D eigenvalue weighted by molar-refractivity contribution is 7.17. The van der Waals surface area contributed by atoms with Gasteiger partial charge in [-0.15, -0.1) is 10.2 Å². The Morgan fingerprint density at radius 1 is 1.47 bits per heavy atom. The first-order valence-electron chi connectivity index (χ1n) is 5.54. The van der Waals surface area contributed by atoms with Gasteiger partial charge in [0.25, 0.3) is 5.91 Å². The van der Waals surface area contributed by atoms with Gasteiger partial charge in [-0.1, -0.05) is 25.2 Å². The van der Waals surface area contributed by atoms with Gasteiger partial charge in [0.05, 0.1) is 6.61 Å². The summed E-state index contributed by atoms with van der Waals surface area (Å²) in [6, 6.07) is 0.109. The summed E-state index contributed by atoms with van der Waals surface area (Å²) in [5.41, 5.74) is 0. The van der Waals surface area contributed by atoms with Crippen LogP contribution in [-0.4, -0.2) is 45.3 Å². The third-order valence-corrected chi connectivity index (χ3v) is 3.58. The normalized spacial score (nSPS) is 10.9. The van der Waals surface area contributed by atoms with Gasteiger partial charge >= 0.3 is 0 Å². The fourth-order valence-corrected chi connectivity index (χ4v) is 2.49. The van der Waals surface area contributed by atoms with Gasteiger partial charge in [-0.05, 0) is 24.4 Å². The maximum absolute atomic E-state index is 12.2. The summed E-state index contributed by atoms with van der Waals surface area (Å²) < 4.78 is 0.252. The Labute approximate surface area is 109 Å². The van der Waals surface area contributed by atoms with Gasteiger partial charge in [-0.3, -0.25) is 4.79 Å². The number of halogens is 1. The summed E-state index contributed by atoms with van der Waals surface area (Å²) in [6.45, 7) is 4.27. The number of aliphatic hydroxyl groups excluding tert-OH is 1. The number of hydrogen-bond donors (Lipinski definition) is 1. The van der Waals surface area contributed by atoms with E-state index in [0.717, 1.165) is 24.2 Å². The van der Waals surface area contributed by atoms with Crippen molar-refractivity contribution in [3.8, 4) is 0 Å². The summed E-state index contributed by atoms with van der Waals surface area (Å²) >= 11 is 6.72. The van der Waals surface area contributed by atoms with Crippen LogP contribution < -0.4 is 0 Å². The summed E-state index contributed by atoms with van der Waals surface area (Å²) in [6.07, 6.45) is 1.68. The topological polar surface area (TPSA) is 66.3 Å². The van der Waals surface area contributed by atoms with Crippen LogP contribution in [0, 0.1) is 0 Å². The molecular formula is C10H16ClN3O2S. The first-order chi connectivity index (χ1) is 8.13. The van der Waals surface area contributed by atoms with Gasteiger partial charge in [0.15, 0.2) is 0 Å². The van der Waals surface area contributed by atoms with Crippen molar-refractivity contribution < 1.29 is 9.90 Å². The third kappa shape index (κ3) is 3.62. The minimum Gasteiger partial charge on any atom is -0.395 e. The predicted octanol–water partition coefficient (Wildman–Crippen LogP) is 1.81. The van der Waals surface area contributed by atoms with Gasteiger partial charge < -0.3 is 10.0 Å². The average Bonchev–Trinajstić information content (AvgIpc) is 2.75. The van der Waals surface area contributed by atoms with Crippen molar-refractivity contribution in [2.45, 2.75) is 32.7 Å². The molecule has 1 heterocycles. The van der Waals surface area contributed by atoms with E-state index in [1.165, 1.54) is 0 Å². The molecule has 0 bridgehead atoms. The number of carbonyl (C=O) groups is 1. The Hall–Kier alpha value is -0.720. The number of nitrogens with zero attached hydrogens (tertiary/aromatic N) is 3. The molecule has 0 unspecified atom stereocenters. The molecule has 0 radical (unpaired) electrons. The second kappa shape index (κ2) is 6.88. The van der Waals surface area contributed by atoms with Crippen molar-refractivity contribution in [1.82, 2.24) is 15.1 Å². The van der Waals surface area contributed by atoms with Crippen molar-refractivity contribution in [2.75, 3.05) is 13.2 Å². The quantitative estimate of drug-likeness (QED) is 0.861. The first-order valence-corrected chi connectivity index (χ1v) is 6.74. The predicted molar refractivity (Wildman–Crippen MR) is 67.4 cm³/mol. The molecule has 96 valence electrons. The SMILES string of the molecule is CCC(CC)N(CCO)C(=O)c1nnc(Cl)s1. The van der Waals surface area contributed by atoms with Crippen LogP contribution in [0.5, 0.6) is 0 Å². The van der Waals surface area contributed by atoms with Gasteiger partial charge in [-0.25, -0.2) is 0 Å². The fraction of sp³-hybridized carbons (Fsp3) is 0.700. The van der Waals surface area contributed by atoms with E-state index in [1.807, 2.05) is 13.8 Å². The van der Waals surface area contributed by atoms with E-state index in [4.69, 9.17) is 16.7 Å². The average molecular weight is 278 g/mol. The van der Waals surface area contributed by atoms with Crippen LogP contribution in [0.4, 0.5) is 0 Å². The van der Waals surface area contributed by atoms with E-state index < -0.39 is 0 Å². The Bertz CT molecular complexity index is 368.